The van der Waals surface area contributed by atoms with Crippen LogP contribution in [0, 0.1) is 5.41 Å². The molecule has 7 nitrogen and oxygen atoms in total. The van der Waals surface area contributed by atoms with Crippen molar-refractivity contribution >= 4 is 22.9 Å². The van der Waals surface area contributed by atoms with Gasteiger partial charge in [-0.05, 0) is 31.4 Å². The highest BCUT2D eigenvalue weighted by molar-refractivity contribution is 5.83. The Hall–Kier alpha value is -2.44. The molecule has 4 rings (SSSR count). The molecule has 1 aliphatic heterocycles. The number of carbonyl (C=O) groups is 2. The van der Waals surface area contributed by atoms with Crippen LogP contribution < -0.4 is 0 Å². The summed E-state index contributed by atoms with van der Waals surface area (Å²) in [6.07, 6.45) is 3.91. The molecule has 0 radical (unpaired) electrons. The van der Waals surface area contributed by atoms with Gasteiger partial charge in [-0.25, -0.2) is 4.68 Å². The average molecular weight is 328 g/mol. The standard InChI is InChI=1S/C17H20N4O3/c22-15(11-21-13-6-2-1-5-12(13)18-19-21)20-10-9-17(16(23)24)8-4-3-7-14(17)20/h1-2,5-6,14H,3-4,7-11H2,(H,23,24)/t14-,17+/m0/s1. The third-order valence-corrected chi connectivity index (χ3v) is 5.61. The number of carboxylic acid groups (broad SMARTS) is 1. The van der Waals surface area contributed by atoms with Crippen LogP contribution in [-0.2, 0) is 16.1 Å². The molecule has 1 saturated heterocycles. The molecule has 126 valence electrons. The van der Waals surface area contributed by atoms with Crippen LogP contribution in [0.25, 0.3) is 11.0 Å². The van der Waals surface area contributed by atoms with E-state index in [-0.39, 0.29) is 18.5 Å². The topological polar surface area (TPSA) is 88.3 Å². The van der Waals surface area contributed by atoms with E-state index < -0.39 is 11.4 Å². The summed E-state index contributed by atoms with van der Waals surface area (Å²) in [5.74, 6) is -0.825. The zero-order chi connectivity index (χ0) is 16.7. The summed E-state index contributed by atoms with van der Waals surface area (Å²) in [5, 5.41) is 17.9. The van der Waals surface area contributed by atoms with Crippen molar-refractivity contribution in [2.75, 3.05) is 6.54 Å². The first-order chi connectivity index (χ1) is 11.6. The molecule has 1 amide bonds. The number of likely N-dealkylation sites (tertiary alicyclic amines) is 1. The molecule has 2 aromatic rings. The Morgan fingerprint density at radius 1 is 1.25 bits per heavy atom. The van der Waals surface area contributed by atoms with Gasteiger partial charge in [0, 0.05) is 12.6 Å². The van der Waals surface area contributed by atoms with E-state index in [1.165, 1.54) is 0 Å². The molecule has 1 aliphatic carbocycles. The van der Waals surface area contributed by atoms with Crippen molar-refractivity contribution in [2.45, 2.75) is 44.7 Å². The first-order valence-corrected chi connectivity index (χ1v) is 8.43. The van der Waals surface area contributed by atoms with E-state index in [9.17, 15) is 14.7 Å². The van der Waals surface area contributed by atoms with Gasteiger partial charge in [0.15, 0.2) is 0 Å². The van der Waals surface area contributed by atoms with Crippen molar-refractivity contribution in [2.24, 2.45) is 5.41 Å². The molecule has 0 unspecified atom stereocenters. The molecular weight excluding hydrogens is 308 g/mol. The number of aliphatic carboxylic acids is 1. The summed E-state index contributed by atoms with van der Waals surface area (Å²) in [4.78, 5) is 26.4. The molecule has 1 aromatic heterocycles. The summed E-state index contributed by atoms with van der Waals surface area (Å²) in [6, 6.07) is 7.32. The van der Waals surface area contributed by atoms with Crippen LogP contribution in [0.5, 0.6) is 0 Å². The quantitative estimate of drug-likeness (QED) is 0.926. The molecule has 2 fully saturated rings. The molecule has 7 heteroatoms. The van der Waals surface area contributed by atoms with Crippen molar-refractivity contribution in [3.63, 3.8) is 0 Å². The SMILES string of the molecule is O=C(Cn1nnc2ccccc21)N1CC[C@]2(C(=O)O)CCCC[C@H]12. The Labute approximate surface area is 139 Å². The van der Waals surface area contributed by atoms with Crippen LogP contribution in [0.4, 0.5) is 0 Å². The zero-order valence-corrected chi connectivity index (χ0v) is 13.4. The van der Waals surface area contributed by atoms with E-state index in [1.54, 1.807) is 9.58 Å². The Morgan fingerprint density at radius 3 is 2.92 bits per heavy atom. The lowest BCUT2D eigenvalue weighted by Gasteiger charge is -2.38. The number of nitrogens with zero attached hydrogens (tertiary/aromatic N) is 4. The van der Waals surface area contributed by atoms with Gasteiger partial charge in [-0.1, -0.05) is 30.2 Å². The van der Waals surface area contributed by atoms with Gasteiger partial charge in [-0.15, -0.1) is 5.10 Å². The fraction of sp³-hybridized carbons (Fsp3) is 0.529. The monoisotopic (exact) mass is 328 g/mol. The molecule has 2 heterocycles. The van der Waals surface area contributed by atoms with Crippen molar-refractivity contribution in [1.29, 1.82) is 0 Å². The lowest BCUT2D eigenvalue weighted by Crippen LogP contribution is -2.49. The summed E-state index contributed by atoms with van der Waals surface area (Å²) >= 11 is 0. The van der Waals surface area contributed by atoms with Gasteiger partial charge in [0.2, 0.25) is 5.91 Å². The molecule has 1 aromatic carbocycles. The third-order valence-electron chi connectivity index (χ3n) is 5.61. The zero-order valence-electron chi connectivity index (χ0n) is 13.4. The van der Waals surface area contributed by atoms with E-state index in [2.05, 4.69) is 10.3 Å². The second kappa shape index (κ2) is 5.58. The minimum Gasteiger partial charge on any atom is -0.481 e. The minimum atomic E-state index is -0.756. The molecule has 1 N–H and O–H groups in total. The number of aromatic nitrogens is 3. The van der Waals surface area contributed by atoms with Crippen molar-refractivity contribution in [1.82, 2.24) is 19.9 Å². The van der Waals surface area contributed by atoms with Gasteiger partial charge in [0.25, 0.3) is 0 Å². The number of benzene rings is 1. The number of amides is 1. The van der Waals surface area contributed by atoms with Gasteiger partial charge in [-0.3, -0.25) is 9.59 Å². The lowest BCUT2D eigenvalue weighted by atomic mass is 9.70. The minimum absolute atomic E-state index is 0.0688. The van der Waals surface area contributed by atoms with Crippen molar-refractivity contribution in [3.8, 4) is 0 Å². The molecular formula is C17H20N4O3. The van der Waals surface area contributed by atoms with Crippen LogP contribution in [0.1, 0.15) is 32.1 Å². The molecule has 1 saturated carbocycles. The van der Waals surface area contributed by atoms with Gasteiger partial charge in [-0.2, -0.15) is 0 Å². The maximum Gasteiger partial charge on any atom is 0.311 e. The Balaban J connectivity index is 1.58. The maximum absolute atomic E-state index is 12.8. The predicted octanol–water partition coefficient (Wildman–Crippen LogP) is 1.68. The van der Waals surface area contributed by atoms with E-state index >= 15 is 0 Å². The van der Waals surface area contributed by atoms with Gasteiger partial charge < -0.3 is 10.0 Å². The highest BCUT2D eigenvalue weighted by Crippen LogP contribution is 2.47. The number of hydrogen-bond donors (Lipinski definition) is 1. The number of carboxylic acids is 1. The molecule has 0 spiro atoms. The maximum atomic E-state index is 12.8. The van der Waals surface area contributed by atoms with Gasteiger partial charge >= 0.3 is 5.97 Å². The highest BCUT2D eigenvalue weighted by Gasteiger charge is 2.54. The Morgan fingerprint density at radius 2 is 2.08 bits per heavy atom. The van der Waals surface area contributed by atoms with E-state index in [0.717, 1.165) is 30.3 Å². The van der Waals surface area contributed by atoms with Crippen LogP contribution in [0.3, 0.4) is 0 Å². The molecule has 0 bridgehead atoms. The number of rotatable bonds is 3. The summed E-state index contributed by atoms with van der Waals surface area (Å²) < 4.78 is 1.60. The smallest absolute Gasteiger partial charge is 0.311 e. The summed E-state index contributed by atoms with van der Waals surface area (Å²) in [7, 11) is 0. The van der Waals surface area contributed by atoms with E-state index in [0.29, 0.717) is 19.4 Å². The van der Waals surface area contributed by atoms with Crippen molar-refractivity contribution < 1.29 is 14.7 Å². The van der Waals surface area contributed by atoms with Crippen LogP contribution in [0.15, 0.2) is 24.3 Å². The average Bonchev–Trinajstić information content (AvgIpc) is 3.17. The summed E-state index contributed by atoms with van der Waals surface area (Å²) in [6.45, 7) is 0.620. The second-order valence-corrected chi connectivity index (χ2v) is 6.80. The first-order valence-electron chi connectivity index (χ1n) is 8.43. The fourth-order valence-electron chi connectivity index (χ4n) is 4.35. The number of para-hydroxylation sites is 1. The van der Waals surface area contributed by atoms with Gasteiger partial charge in [0.05, 0.1) is 10.9 Å². The molecule has 2 atom stereocenters. The van der Waals surface area contributed by atoms with Crippen LogP contribution in [0.2, 0.25) is 0 Å². The van der Waals surface area contributed by atoms with Gasteiger partial charge in [0.1, 0.15) is 12.1 Å². The number of fused-ring (bicyclic) bond motifs is 2. The second-order valence-electron chi connectivity index (χ2n) is 6.80. The fourth-order valence-corrected chi connectivity index (χ4v) is 4.35. The van der Waals surface area contributed by atoms with Crippen LogP contribution >= 0.6 is 0 Å². The summed E-state index contributed by atoms with van der Waals surface area (Å²) in [5.41, 5.74) is 0.820. The number of hydrogen-bond acceptors (Lipinski definition) is 4. The van der Waals surface area contributed by atoms with Crippen molar-refractivity contribution in [3.05, 3.63) is 24.3 Å². The third kappa shape index (κ3) is 2.18. The van der Waals surface area contributed by atoms with E-state index in [4.69, 9.17) is 0 Å². The number of carbonyl (C=O) groups excluding carboxylic acids is 1. The van der Waals surface area contributed by atoms with Crippen LogP contribution in [-0.4, -0.2) is 49.5 Å². The van der Waals surface area contributed by atoms with E-state index in [1.807, 2.05) is 24.3 Å². The molecule has 24 heavy (non-hydrogen) atoms. The highest BCUT2D eigenvalue weighted by atomic mass is 16.4. The first kappa shape index (κ1) is 15.1. The Kier molecular flexibility index (Phi) is 3.51. The Bertz CT molecular complexity index is 802. The largest absolute Gasteiger partial charge is 0.481 e. The molecule has 2 aliphatic rings. The normalized spacial score (nSPS) is 26.5. The lowest BCUT2D eigenvalue weighted by molar-refractivity contribution is -0.153. The predicted molar refractivity (Wildman–Crippen MR) is 86.2 cm³/mol.